The Hall–Kier alpha value is -0.580. The number of halogens is 1. The molecule has 0 bridgehead atoms. The average molecular weight is 300 g/mol. The maximum atomic E-state index is 6.29. The minimum Gasteiger partial charge on any atom is -0.378 e. The lowest BCUT2D eigenvalue weighted by molar-refractivity contribution is 0.00842. The molecule has 2 heterocycles. The van der Waals surface area contributed by atoms with Crippen LogP contribution in [-0.2, 0) is 11.8 Å². The molecule has 1 aliphatic heterocycles. The fraction of sp³-hybridized carbons (Fsp3) is 0.800. The molecule has 1 N–H and O–H groups in total. The first-order chi connectivity index (χ1) is 9.72. The van der Waals surface area contributed by atoms with Crippen molar-refractivity contribution in [2.45, 2.75) is 57.6 Å². The van der Waals surface area contributed by atoms with Crippen LogP contribution in [-0.4, -0.2) is 29.0 Å². The summed E-state index contributed by atoms with van der Waals surface area (Å²) in [6.07, 6.45) is 9.10. The van der Waals surface area contributed by atoms with E-state index in [0.29, 0.717) is 6.10 Å². The molecule has 0 aliphatic carbocycles. The summed E-state index contributed by atoms with van der Waals surface area (Å²) in [4.78, 5) is 0. The van der Waals surface area contributed by atoms with Crippen molar-refractivity contribution < 1.29 is 4.74 Å². The van der Waals surface area contributed by atoms with Gasteiger partial charge in [-0.15, -0.1) is 0 Å². The Morgan fingerprint density at radius 1 is 1.55 bits per heavy atom. The monoisotopic (exact) mass is 299 g/mol. The molecular formula is C15H26ClN3O. The molecule has 1 fully saturated rings. The molecule has 114 valence electrons. The molecule has 1 saturated heterocycles. The molecule has 0 aromatic carbocycles. The van der Waals surface area contributed by atoms with E-state index in [1.165, 1.54) is 19.3 Å². The maximum Gasteiger partial charge on any atom is 0.0833 e. The lowest BCUT2D eigenvalue weighted by atomic mass is 10.00. The van der Waals surface area contributed by atoms with Crippen molar-refractivity contribution in [2.75, 3.05) is 13.2 Å². The van der Waals surface area contributed by atoms with Crippen LogP contribution in [0.3, 0.4) is 0 Å². The summed E-state index contributed by atoms with van der Waals surface area (Å²) in [5, 5.41) is 8.60. The Kier molecular flexibility index (Phi) is 6.33. The molecule has 1 aromatic rings. The molecule has 0 amide bonds. The Labute approximate surface area is 126 Å². The summed E-state index contributed by atoms with van der Waals surface area (Å²) in [5.41, 5.74) is 1.09. The first-order valence-electron chi connectivity index (χ1n) is 7.74. The van der Waals surface area contributed by atoms with E-state index >= 15 is 0 Å². The van der Waals surface area contributed by atoms with E-state index in [0.717, 1.165) is 43.1 Å². The molecule has 0 saturated carbocycles. The van der Waals surface area contributed by atoms with Gasteiger partial charge in [-0.05, 0) is 45.1 Å². The van der Waals surface area contributed by atoms with E-state index in [1.54, 1.807) is 6.20 Å². The van der Waals surface area contributed by atoms with Crippen molar-refractivity contribution >= 4 is 11.6 Å². The van der Waals surface area contributed by atoms with Crippen LogP contribution < -0.4 is 5.32 Å². The molecule has 5 heteroatoms. The van der Waals surface area contributed by atoms with Crippen molar-refractivity contribution in [1.29, 1.82) is 0 Å². The molecule has 0 radical (unpaired) electrons. The first kappa shape index (κ1) is 15.8. The SMILES string of the molecule is CCCNC(CCC1CCCCO1)c1c(Cl)cnn1C. The van der Waals surface area contributed by atoms with Crippen LogP contribution in [0.15, 0.2) is 6.20 Å². The first-order valence-corrected chi connectivity index (χ1v) is 8.12. The summed E-state index contributed by atoms with van der Waals surface area (Å²) in [5.74, 6) is 0. The molecule has 0 spiro atoms. The molecular weight excluding hydrogens is 274 g/mol. The number of ether oxygens (including phenoxy) is 1. The van der Waals surface area contributed by atoms with Gasteiger partial charge in [-0.3, -0.25) is 4.68 Å². The van der Waals surface area contributed by atoms with Crippen molar-refractivity contribution in [3.63, 3.8) is 0 Å². The van der Waals surface area contributed by atoms with E-state index in [-0.39, 0.29) is 6.04 Å². The van der Waals surface area contributed by atoms with E-state index in [9.17, 15) is 0 Å². The van der Waals surface area contributed by atoms with Crippen LogP contribution >= 0.6 is 11.6 Å². The van der Waals surface area contributed by atoms with Crippen molar-refractivity contribution in [1.82, 2.24) is 15.1 Å². The van der Waals surface area contributed by atoms with Gasteiger partial charge in [0.05, 0.1) is 29.1 Å². The van der Waals surface area contributed by atoms with Gasteiger partial charge in [0.15, 0.2) is 0 Å². The highest BCUT2D eigenvalue weighted by Gasteiger charge is 2.21. The number of hydrogen-bond acceptors (Lipinski definition) is 3. The van der Waals surface area contributed by atoms with Crippen molar-refractivity contribution in [3.8, 4) is 0 Å². The third-order valence-electron chi connectivity index (χ3n) is 3.96. The minimum atomic E-state index is 0.264. The summed E-state index contributed by atoms with van der Waals surface area (Å²) in [6.45, 7) is 4.10. The fourth-order valence-corrected chi connectivity index (χ4v) is 3.15. The van der Waals surface area contributed by atoms with Gasteiger partial charge >= 0.3 is 0 Å². The number of hydrogen-bond donors (Lipinski definition) is 1. The quantitative estimate of drug-likeness (QED) is 0.838. The van der Waals surface area contributed by atoms with Crippen molar-refractivity contribution in [3.05, 3.63) is 16.9 Å². The fourth-order valence-electron chi connectivity index (χ4n) is 2.85. The molecule has 2 rings (SSSR count). The summed E-state index contributed by atoms with van der Waals surface area (Å²) in [7, 11) is 1.96. The summed E-state index contributed by atoms with van der Waals surface area (Å²) >= 11 is 6.29. The van der Waals surface area contributed by atoms with E-state index in [1.807, 2.05) is 11.7 Å². The molecule has 2 unspecified atom stereocenters. The zero-order chi connectivity index (χ0) is 14.4. The van der Waals surface area contributed by atoms with Crippen LogP contribution in [0.2, 0.25) is 5.02 Å². The molecule has 2 atom stereocenters. The summed E-state index contributed by atoms with van der Waals surface area (Å²) in [6, 6.07) is 0.264. The third-order valence-corrected chi connectivity index (χ3v) is 4.25. The lowest BCUT2D eigenvalue weighted by Gasteiger charge is -2.25. The van der Waals surface area contributed by atoms with Crippen LogP contribution in [0.25, 0.3) is 0 Å². The Morgan fingerprint density at radius 3 is 3.00 bits per heavy atom. The highest BCUT2D eigenvalue weighted by atomic mass is 35.5. The lowest BCUT2D eigenvalue weighted by Crippen LogP contribution is -2.27. The van der Waals surface area contributed by atoms with Gasteiger partial charge in [0.1, 0.15) is 0 Å². The number of rotatable bonds is 7. The second kappa shape index (κ2) is 8.01. The predicted molar refractivity (Wildman–Crippen MR) is 82.1 cm³/mol. The zero-order valence-electron chi connectivity index (χ0n) is 12.6. The van der Waals surface area contributed by atoms with E-state index in [2.05, 4.69) is 17.3 Å². The smallest absolute Gasteiger partial charge is 0.0833 e. The Balaban J connectivity index is 1.96. The highest BCUT2D eigenvalue weighted by Crippen LogP contribution is 2.28. The van der Waals surface area contributed by atoms with Gasteiger partial charge in [0.25, 0.3) is 0 Å². The zero-order valence-corrected chi connectivity index (χ0v) is 13.3. The van der Waals surface area contributed by atoms with Crippen LogP contribution in [0.1, 0.15) is 57.2 Å². The predicted octanol–water partition coefficient (Wildman–Crippen LogP) is 3.46. The van der Waals surface area contributed by atoms with E-state index < -0.39 is 0 Å². The highest BCUT2D eigenvalue weighted by molar-refractivity contribution is 6.31. The molecule has 20 heavy (non-hydrogen) atoms. The van der Waals surface area contributed by atoms with Gasteiger partial charge in [-0.2, -0.15) is 5.10 Å². The van der Waals surface area contributed by atoms with Gasteiger partial charge in [-0.1, -0.05) is 18.5 Å². The van der Waals surface area contributed by atoms with Crippen LogP contribution in [0.4, 0.5) is 0 Å². The molecule has 1 aromatic heterocycles. The topological polar surface area (TPSA) is 39.1 Å². The van der Waals surface area contributed by atoms with Gasteiger partial charge in [0, 0.05) is 13.7 Å². The maximum absolute atomic E-state index is 6.29. The molecule has 1 aliphatic rings. The normalized spacial score (nSPS) is 21.1. The number of aromatic nitrogens is 2. The number of aryl methyl sites for hydroxylation is 1. The van der Waals surface area contributed by atoms with E-state index in [4.69, 9.17) is 16.3 Å². The van der Waals surface area contributed by atoms with Crippen LogP contribution in [0, 0.1) is 0 Å². The standard InChI is InChI=1S/C15H26ClN3O/c1-3-9-17-14(15-13(16)11-18-19(15)2)8-7-12-6-4-5-10-20-12/h11-12,14,17H,3-10H2,1-2H3. The summed E-state index contributed by atoms with van der Waals surface area (Å²) < 4.78 is 7.71. The van der Waals surface area contributed by atoms with Gasteiger partial charge in [-0.25, -0.2) is 0 Å². The average Bonchev–Trinajstić information content (AvgIpc) is 2.80. The Morgan fingerprint density at radius 2 is 2.40 bits per heavy atom. The van der Waals surface area contributed by atoms with Gasteiger partial charge < -0.3 is 10.1 Å². The second-order valence-electron chi connectivity index (χ2n) is 5.57. The molecule has 4 nitrogen and oxygen atoms in total. The third kappa shape index (κ3) is 4.21. The largest absolute Gasteiger partial charge is 0.378 e. The number of nitrogens with one attached hydrogen (secondary N) is 1. The van der Waals surface area contributed by atoms with Crippen molar-refractivity contribution in [2.24, 2.45) is 7.05 Å². The second-order valence-corrected chi connectivity index (χ2v) is 5.98. The minimum absolute atomic E-state index is 0.264. The number of nitrogens with zero attached hydrogens (tertiary/aromatic N) is 2. The van der Waals surface area contributed by atoms with Gasteiger partial charge in [0.2, 0.25) is 0 Å². The Bertz CT molecular complexity index is 382. The van der Waals surface area contributed by atoms with Crippen LogP contribution in [0.5, 0.6) is 0 Å².